The third-order valence-electron chi connectivity index (χ3n) is 3.03. The average molecular weight is 356 g/mol. The molecular weight excluding hydrogens is 347 g/mol. The summed E-state index contributed by atoms with van der Waals surface area (Å²) in [6.45, 7) is 1.83. The fraction of sp³-hybridized carbons (Fsp3) is 0.143. The molecule has 0 aliphatic carbocycles. The fourth-order valence-corrected chi connectivity index (χ4v) is 2.49. The summed E-state index contributed by atoms with van der Waals surface area (Å²) in [4.78, 5) is 11.5. The summed E-state index contributed by atoms with van der Waals surface area (Å²) in [6.07, 6.45) is -4.42. The van der Waals surface area contributed by atoms with Crippen LogP contribution in [0.25, 0.3) is 22.6 Å². The highest BCUT2D eigenvalue weighted by Crippen LogP contribution is 2.37. The maximum Gasteiger partial charge on any atom is 0.417 e. The first kappa shape index (κ1) is 14.1. The monoisotopic (exact) mass is 355 g/mol. The van der Waals surface area contributed by atoms with E-state index in [1.165, 1.54) is 6.07 Å². The molecular formula is C14H9BrF3N3. The van der Waals surface area contributed by atoms with E-state index in [0.29, 0.717) is 22.6 Å². The lowest BCUT2D eigenvalue weighted by atomic mass is 10.1. The molecule has 0 spiro atoms. The molecule has 3 rings (SSSR count). The molecule has 0 saturated carbocycles. The van der Waals surface area contributed by atoms with Gasteiger partial charge in [-0.15, -0.1) is 0 Å². The van der Waals surface area contributed by atoms with Gasteiger partial charge >= 0.3 is 6.18 Å². The Kier molecular flexibility index (Phi) is 3.24. The van der Waals surface area contributed by atoms with Crippen LogP contribution in [0.15, 0.2) is 34.8 Å². The summed E-state index contributed by atoms with van der Waals surface area (Å²) in [7, 11) is 0. The van der Waals surface area contributed by atoms with Crippen molar-refractivity contribution in [2.45, 2.75) is 13.1 Å². The summed E-state index contributed by atoms with van der Waals surface area (Å²) in [6, 6.07) is 7.62. The number of nitrogens with zero attached hydrogens (tertiary/aromatic N) is 2. The average Bonchev–Trinajstić information content (AvgIpc) is 2.80. The molecule has 1 N–H and O–H groups in total. The predicted molar refractivity (Wildman–Crippen MR) is 76.8 cm³/mol. The number of pyridine rings is 1. The molecule has 0 radical (unpaired) electrons. The summed E-state index contributed by atoms with van der Waals surface area (Å²) in [5.74, 6) is 0.362. The van der Waals surface area contributed by atoms with Crippen molar-refractivity contribution in [3.05, 3.63) is 46.1 Å². The van der Waals surface area contributed by atoms with Crippen molar-refractivity contribution in [1.82, 2.24) is 15.0 Å². The van der Waals surface area contributed by atoms with E-state index in [4.69, 9.17) is 0 Å². The lowest BCUT2D eigenvalue weighted by Gasteiger charge is -2.10. The molecule has 0 bridgehead atoms. The Hall–Kier alpha value is -1.89. The summed E-state index contributed by atoms with van der Waals surface area (Å²) in [5, 5.41) is 0. The van der Waals surface area contributed by atoms with Crippen LogP contribution >= 0.6 is 15.9 Å². The van der Waals surface area contributed by atoms with Gasteiger partial charge in [0.25, 0.3) is 0 Å². The minimum absolute atomic E-state index is 0.00355. The van der Waals surface area contributed by atoms with E-state index in [-0.39, 0.29) is 4.47 Å². The van der Waals surface area contributed by atoms with Crippen LogP contribution in [-0.4, -0.2) is 15.0 Å². The number of aromatic amines is 1. The zero-order chi connectivity index (χ0) is 15.2. The van der Waals surface area contributed by atoms with Gasteiger partial charge in [-0.2, -0.15) is 13.2 Å². The van der Waals surface area contributed by atoms with E-state index >= 15 is 0 Å². The molecule has 0 amide bonds. The fourth-order valence-electron chi connectivity index (χ4n) is 2.01. The van der Waals surface area contributed by atoms with Crippen LogP contribution < -0.4 is 0 Å². The highest BCUT2D eigenvalue weighted by Gasteiger charge is 2.33. The number of halogens is 4. The number of hydrogen-bond acceptors (Lipinski definition) is 2. The molecule has 0 saturated heterocycles. The zero-order valence-electron chi connectivity index (χ0n) is 10.8. The van der Waals surface area contributed by atoms with Crippen LogP contribution in [0.3, 0.4) is 0 Å². The number of imidazole rings is 1. The molecule has 0 fully saturated rings. The first-order chi connectivity index (χ1) is 9.84. The van der Waals surface area contributed by atoms with E-state index in [9.17, 15) is 13.2 Å². The van der Waals surface area contributed by atoms with Crippen molar-refractivity contribution in [2.24, 2.45) is 0 Å². The van der Waals surface area contributed by atoms with E-state index in [0.717, 1.165) is 11.8 Å². The van der Waals surface area contributed by atoms with E-state index in [2.05, 4.69) is 30.9 Å². The number of aryl methyl sites for hydroxylation is 1. The van der Waals surface area contributed by atoms with Crippen molar-refractivity contribution in [1.29, 1.82) is 0 Å². The van der Waals surface area contributed by atoms with Crippen molar-refractivity contribution < 1.29 is 13.2 Å². The van der Waals surface area contributed by atoms with Gasteiger partial charge in [-0.25, -0.2) is 9.97 Å². The van der Waals surface area contributed by atoms with Gasteiger partial charge in [-0.05, 0) is 31.2 Å². The molecule has 3 aromatic rings. The first-order valence-corrected chi connectivity index (χ1v) is 6.84. The number of hydrogen-bond donors (Lipinski definition) is 1. The van der Waals surface area contributed by atoms with Gasteiger partial charge in [0, 0.05) is 15.7 Å². The highest BCUT2D eigenvalue weighted by atomic mass is 79.9. The van der Waals surface area contributed by atoms with Crippen molar-refractivity contribution >= 4 is 27.1 Å². The minimum atomic E-state index is -4.42. The molecule has 0 aliphatic rings. The second-order valence-electron chi connectivity index (χ2n) is 4.60. The Morgan fingerprint density at radius 1 is 1.10 bits per heavy atom. The number of rotatable bonds is 1. The maximum absolute atomic E-state index is 12.9. The summed E-state index contributed by atoms with van der Waals surface area (Å²) in [5.41, 5.74) is 1.60. The van der Waals surface area contributed by atoms with Gasteiger partial charge < -0.3 is 4.98 Å². The number of fused-ring (bicyclic) bond motifs is 1. The van der Waals surface area contributed by atoms with Crippen LogP contribution in [0.5, 0.6) is 0 Å². The van der Waals surface area contributed by atoms with Crippen LogP contribution in [0, 0.1) is 6.92 Å². The molecule has 3 nitrogen and oxygen atoms in total. The first-order valence-electron chi connectivity index (χ1n) is 6.05. The largest absolute Gasteiger partial charge is 0.417 e. The Labute approximate surface area is 126 Å². The minimum Gasteiger partial charge on any atom is -0.337 e. The molecule has 21 heavy (non-hydrogen) atoms. The summed E-state index contributed by atoms with van der Waals surface area (Å²) >= 11 is 2.92. The van der Waals surface area contributed by atoms with Gasteiger partial charge in [-0.3, -0.25) is 0 Å². The normalized spacial score (nSPS) is 12.0. The number of H-pyrrole nitrogens is 1. The van der Waals surface area contributed by atoms with E-state index in [1.807, 2.05) is 13.0 Å². The van der Waals surface area contributed by atoms with Gasteiger partial charge in [0.1, 0.15) is 5.82 Å². The number of benzene rings is 1. The maximum atomic E-state index is 12.9. The number of alkyl halides is 3. The Balaban J connectivity index is 2.14. The van der Waals surface area contributed by atoms with Gasteiger partial charge in [0.2, 0.25) is 0 Å². The highest BCUT2D eigenvalue weighted by molar-refractivity contribution is 9.10. The van der Waals surface area contributed by atoms with Crippen molar-refractivity contribution in [2.75, 3.05) is 0 Å². The lowest BCUT2D eigenvalue weighted by Crippen LogP contribution is -2.06. The van der Waals surface area contributed by atoms with E-state index in [1.54, 1.807) is 12.1 Å². The van der Waals surface area contributed by atoms with Gasteiger partial charge in [0.05, 0.1) is 11.1 Å². The van der Waals surface area contributed by atoms with Gasteiger partial charge in [-0.1, -0.05) is 22.0 Å². The second kappa shape index (κ2) is 4.84. The topological polar surface area (TPSA) is 41.6 Å². The summed E-state index contributed by atoms with van der Waals surface area (Å²) < 4.78 is 38.8. The van der Waals surface area contributed by atoms with E-state index < -0.39 is 11.7 Å². The molecule has 7 heteroatoms. The number of nitrogens with one attached hydrogen (secondary N) is 1. The standard InChI is InChI=1S/C14H9BrF3N3/c1-7-2-5-11-13(19-7)21-12(20-11)8-3-4-10(15)9(6-8)14(16,17)18/h2-6H,1H3,(H,19,20,21). The molecule has 0 atom stereocenters. The van der Waals surface area contributed by atoms with Gasteiger partial charge in [0.15, 0.2) is 5.65 Å². The Morgan fingerprint density at radius 3 is 2.57 bits per heavy atom. The molecule has 108 valence electrons. The third-order valence-corrected chi connectivity index (χ3v) is 3.72. The molecule has 0 unspecified atom stereocenters. The molecule has 0 aliphatic heterocycles. The third kappa shape index (κ3) is 2.65. The smallest absolute Gasteiger partial charge is 0.337 e. The number of aromatic nitrogens is 3. The molecule has 2 heterocycles. The van der Waals surface area contributed by atoms with Crippen LogP contribution in [0.1, 0.15) is 11.3 Å². The van der Waals surface area contributed by atoms with Crippen molar-refractivity contribution in [3.63, 3.8) is 0 Å². The predicted octanol–water partition coefficient (Wildman–Crippen LogP) is 4.71. The Morgan fingerprint density at radius 2 is 1.86 bits per heavy atom. The van der Waals surface area contributed by atoms with Crippen molar-refractivity contribution in [3.8, 4) is 11.4 Å². The lowest BCUT2D eigenvalue weighted by molar-refractivity contribution is -0.138. The molecule has 1 aromatic carbocycles. The quantitative estimate of drug-likeness (QED) is 0.686. The SMILES string of the molecule is Cc1ccc2[nH]c(-c3ccc(Br)c(C(F)(F)F)c3)nc2n1. The van der Waals surface area contributed by atoms with Crippen LogP contribution in [-0.2, 0) is 6.18 Å². The zero-order valence-corrected chi connectivity index (χ0v) is 12.4. The van der Waals surface area contributed by atoms with Crippen LogP contribution in [0.2, 0.25) is 0 Å². The molecule has 2 aromatic heterocycles. The van der Waals surface area contributed by atoms with Crippen LogP contribution in [0.4, 0.5) is 13.2 Å². The second-order valence-corrected chi connectivity index (χ2v) is 5.46. The Bertz CT molecular complexity index is 824.